The Morgan fingerprint density at radius 3 is 2.79 bits per heavy atom. The molecule has 1 amide bonds. The third-order valence-electron chi connectivity index (χ3n) is 3.43. The Bertz CT molecular complexity index is 846. The molecule has 0 aliphatic heterocycles. The maximum Gasteiger partial charge on any atom is 0.264 e. The number of nitrogens with one attached hydrogen (secondary N) is 1. The zero-order valence-corrected chi connectivity index (χ0v) is 14.0. The molecule has 6 heteroatoms. The van der Waals surface area contributed by atoms with Crippen LogP contribution >= 0.6 is 11.3 Å². The number of thiazole rings is 1. The van der Waals surface area contributed by atoms with Crippen molar-refractivity contribution < 1.29 is 13.9 Å². The number of halogens is 1. The predicted molar refractivity (Wildman–Crippen MR) is 94.1 cm³/mol. The molecule has 3 aromatic rings. The van der Waals surface area contributed by atoms with Crippen molar-refractivity contribution in [3.63, 3.8) is 0 Å². The number of ether oxygens (including phenoxy) is 1. The van der Waals surface area contributed by atoms with Gasteiger partial charge in [-0.25, -0.2) is 9.37 Å². The standard InChI is InChI=1S/C18H17FN2O2S/c1-2-3-12-4-7-14(8-5-12)23-11-17(22)21-18-20-15-9-6-13(19)10-16(15)24-18/h4-10H,2-3,11H2,1H3,(H,20,21,22). The number of fused-ring (bicyclic) bond motifs is 1. The van der Waals surface area contributed by atoms with E-state index < -0.39 is 0 Å². The maximum absolute atomic E-state index is 13.2. The molecule has 124 valence electrons. The van der Waals surface area contributed by atoms with Gasteiger partial charge in [0.05, 0.1) is 10.2 Å². The maximum atomic E-state index is 13.2. The SMILES string of the molecule is CCCc1ccc(OCC(=O)Nc2nc3ccc(F)cc3s2)cc1. The van der Waals surface area contributed by atoms with E-state index in [1.807, 2.05) is 24.3 Å². The van der Waals surface area contributed by atoms with Crippen molar-refractivity contribution in [1.29, 1.82) is 0 Å². The highest BCUT2D eigenvalue weighted by atomic mass is 32.1. The molecule has 24 heavy (non-hydrogen) atoms. The minimum absolute atomic E-state index is 0.0998. The van der Waals surface area contributed by atoms with Crippen molar-refractivity contribution in [3.8, 4) is 5.75 Å². The van der Waals surface area contributed by atoms with E-state index in [1.54, 1.807) is 6.07 Å². The van der Waals surface area contributed by atoms with Gasteiger partial charge in [-0.1, -0.05) is 36.8 Å². The van der Waals surface area contributed by atoms with Gasteiger partial charge < -0.3 is 4.74 Å². The average Bonchev–Trinajstić information content (AvgIpc) is 2.95. The summed E-state index contributed by atoms with van der Waals surface area (Å²) in [5.74, 6) is 0.0300. The number of aromatic nitrogens is 1. The summed E-state index contributed by atoms with van der Waals surface area (Å²) in [7, 11) is 0. The number of benzene rings is 2. The van der Waals surface area contributed by atoms with E-state index >= 15 is 0 Å². The summed E-state index contributed by atoms with van der Waals surface area (Å²) in [4.78, 5) is 16.2. The van der Waals surface area contributed by atoms with Crippen molar-refractivity contribution in [2.24, 2.45) is 0 Å². The number of carbonyl (C=O) groups is 1. The molecule has 0 saturated carbocycles. The zero-order chi connectivity index (χ0) is 16.9. The number of aryl methyl sites for hydroxylation is 1. The molecule has 0 aliphatic rings. The molecule has 1 aromatic heterocycles. The first-order chi connectivity index (χ1) is 11.6. The topological polar surface area (TPSA) is 51.2 Å². The van der Waals surface area contributed by atoms with Gasteiger partial charge in [0.2, 0.25) is 0 Å². The van der Waals surface area contributed by atoms with Gasteiger partial charge in [-0.15, -0.1) is 0 Å². The number of rotatable bonds is 6. The molecule has 1 heterocycles. The monoisotopic (exact) mass is 344 g/mol. The van der Waals surface area contributed by atoms with Gasteiger partial charge >= 0.3 is 0 Å². The predicted octanol–water partition coefficient (Wildman–Crippen LogP) is 4.41. The summed E-state index contributed by atoms with van der Waals surface area (Å²) < 4.78 is 19.3. The summed E-state index contributed by atoms with van der Waals surface area (Å²) in [5.41, 5.74) is 1.90. The van der Waals surface area contributed by atoms with Crippen LogP contribution in [0.1, 0.15) is 18.9 Å². The van der Waals surface area contributed by atoms with Crippen molar-refractivity contribution >= 4 is 32.6 Å². The van der Waals surface area contributed by atoms with Crippen molar-refractivity contribution in [3.05, 3.63) is 53.8 Å². The first kappa shape index (κ1) is 16.4. The van der Waals surface area contributed by atoms with Crippen LogP contribution in [0.25, 0.3) is 10.2 Å². The van der Waals surface area contributed by atoms with Gasteiger partial charge in [0.15, 0.2) is 11.7 Å². The molecule has 0 unspecified atom stereocenters. The summed E-state index contributed by atoms with van der Waals surface area (Å²) in [5, 5.41) is 3.11. The Balaban J connectivity index is 1.56. The Kier molecular flexibility index (Phi) is 5.05. The number of amides is 1. The molecule has 0 spiro atoms. The highest BCUT2D eigenvalue weighted by Gasteiger charge is 2.09. The molecule has 0 bridgehead atoms. The number of nitrogens with zero attached hydrogens (tertiary/aromatic N) is 1. The van der Waals surface area contributed by atoms with E-state index in [9.17, 15) is 9.18 Å². The van der Waals surface area contributed by atoms with Crippen LogP contribution in [-0.4, -0.2) is 17.5 Å². The number of carbonyl (C=O) groups excluding carboxylic acids is 1. The molecular weight excluding hydrogens is 327 g/mol. The lowest BCUT2D eigenvalue weighted by Gasteiger charge is -2.06. The second-order valence-electron chi connectivity index (χ2n) is 5.36. The second kappa shape index (κ2) is 7.40. The van der Waals surface area contributed by atoms with E-state index in [0.717, 1.165) is 12.8 Å². The van der Waals surface area contributed by atoms with Gasteiger partial charge in [0, 0.05) is 0 Å². The van der Waals surface area contributed by atoms with Crippen molar-refractivity contribution in [2.45, 2.75) is 19.8 Å². The van der Waals surface area contributed by atoms with E-state index in [4.69, 9.17) is 4.74 Å². The van der Waals surface area contributed by atoms with E-state index in [2.05, 4.69) is 17.2 Å². The third-order valence-corrected chi connectivity index (χ3v) is 4.36. The Morgan fingerprint density at radius 1 is 1.25 bits per heavy atom. The largest absolute Gasteiger partial charge is 0.484 e. The van der Waals surface area contributed by atoms with Gasteiger partial charge in [0.1, 0.15) is 11.6 Å². The lowest BCUT2D eigenvalue weighted by Crippen LogP contribution is -2.19. The van der Waals surface area contributed by atoms with Gasteiger partial charge in [0.25, 0.3) is 5.91 Å². The average molecular weight is 344 g/mol. The lowest BCUT2D eigenvalue weighted by molar-refractivity contribution is -0.118. The van der Waals surface area contributed by atoms with Crippen LogP contribution in [0.3, 0.4) is 0 Å². The van der Waals surface area contributed by atoms with Gasteiger partial charge in [-0.2, -0.15) is 0 Å². The van der Waals surface area contributed by atoms with Gasteiger partial charge in [-0.05, 0) is 42.3 Å². The number of hydrogen-bond donors (Lipinski definition) is 1. The first-order valence-corrected chi connectivity index (χ1v) is 8.53. The van der Waals surface area contributed by atoms with Crippen molar-refractivity contribution in [2.75, 3.05) is 11.9 Å². The highest BCUT2D eigenvalue weighted by Crippen LogP contribution is 2.26. The molecule has 1 N–H and O–H groups in total. The Labute approximate surface area is 143 Å². The fourth-order valence-corrected chi connectivity index (χ4v) is 3.20. The van der Waals surface area contributed by atoms with E-state index in [1.165, 1.54) is 29.0 Å². The van der Waals surface area contributed by atoms with E-state index in [0.29, 0.717) is 21.1 Å². The van der Waals surface area contributed by atoms with Crippen LogP contribution in [0, 0.1) is 5.82 Å². The Morgan fingerprint density at radius 2 is 2.04 bits per heavy atom. The molecule has 3 rings (SSSR count). The zero-order valence-electron chi connectivity index (χ0n) is 13.2. The Hall–Kier alpha value is -2.47. The van der Waals surface area contributed by atoms with Crippen molar-refractivity contribution in [1.82, 2.24) is 4.98 Å². The summed E-state index contributed by atoms with van der Waals surface area (Å²) >= 11 is 1.23. The second-order valence-corrected chi connectivity index (χ2v) is 6.39. The molecule has 0 aliphatic carbocycles. The normalized spacial score (nSPS) is 10.8. The summed E-state index contributed by atoms with van der Waals surface area (Å²) in [6.07, 6.45) is 2.12. The molecular formula is C18H17FN2O2S. The molecule has 0 fully saturated rings. The number of anilines is 1. The lowest BCUT2D eigenvalue weighted by atomic mass is 10.1. The van der Waals surface area contributed by atoms with Crippen LogP contribution in [0.5, 0.6) is 5.75 Å². The molecule has 0 saturated heterocycles. The first-order valence-electron chi connectivity index (χ1n) is 7.71. The summed E-state index contributed by atoms with van der Waals surface area (Å²) in [6, 6.07) is 12.1. The molecule has 4 nitrogen and oxygen atoms in total. The van der Waals surface area contributed by atoms with Gasteiger partial charge in [-0.3, -0.25) is 10.1 Å². The van der Waals surface area contributed by atoms with Crippen LogP contribution < -0.4 is 10.1 Å². The fourth-order valence-electron chi connectivity index (χ4n) is 2.30. The van der Waals surface area contributed by atoms with Crippen LogP contribution in [0.4, 0.5) is 9.52 Å². The minimum atomic E-state index is -0.320. The molecule has 0 atom stereocenters. The fraction of sp³-hybridized carbons (Fsp3) is 0.222. The molecule has 2 aromatic carbocycles. The third kappa shape index (κ3) is 4.08. The van der Waals surface area contributed by atoms with E-state index in [-0.39, 0.29) is 18.3 Å². The van der Waals surface area contributed by atoms with Crippen LogP contribution in [-0.2, 0) is 11.2 Å². The highest BCUT2D eigenvalue weighted by molar-refractivity contribution is 7.22. The smallest absolute Gasteiger partial charge is 0.264 e. The van der Waals surface area contributed by atoms with Crippen LogP contribution in [0.2, 0.25) is 0 Å². The number of hydrogen-bond acceptors (Lipinski definition) is 4. The quantitative estimate of drug-likeness (QED) is 0.721. The van der Waals surface area contributed by atoms with Crippen LogP contribution in [0.15, 0.2) is 42.5 Å². The molecule has 0 radical (unpaired) electrons. The summed E-state index contributed by atoms with van der Waals surface area (Å²) in [6.45, 7) is 2.03. The minimum Gasteiger partial charge on any atom is -0.484 e.